The molecule has 0 aromatic carbocycles. The van der Waals surface area contributed by atoms with E-state index in [1.807, 2.05) is 19.1 Å². The topological polar surface area (TPSA) is 61.8 Å². The average molecular weight is 313 g/mol. The maximum absolute atomic E-state index is 12.1. The molecule has 6 nitrogen and oxygen atoms in total. The van der Waals surface area contributed by atoms with Gasteiger partial charge in [0.2, 0.25) is 0 Å². The van der Waals surface area contributed by atoms with E-state index in [1.165, 1.54) is 11.6 Å². The molecule has 2 heterocycles. The second kappa shape index (κ2) is 4.56. The molecule has 0 aliphatic rings. The minimum atomic E-state index is -0.379. The summed E-state index contributed by atoms with van der Waals surface area (Å²) in [6.07, 6.45) is 3.81. The maximum Gasteiger partial charge on any atom is 0.332 e. The molecule has 96 valence electrons. The third-order valence-corrected chi connectivity index (χ3v) is 3.43. The molecule has 0 atom stereocenters. The molecule has 2 aromatic heterocycles. The lowest BCUT2D eigenvalue weighted by Crippen LogP contribution is -2.37. The summed E-state index contributed by atoms with van der Waals surface area (Å²) in [5.74, 6) is 0. The van der Waals surface area contributed by atoms with Gasteiger partial charge < -0.3 is 4.57 Å². The zero-order chi connectivity index (χ0) is 13.4. The van der Waals surface area contributed by atoms with Crippen LogP contribution in [0.1, 0.15) is 6.92 Å². The monoisotopic (exact) mass is 312 g/mol. The van der Waals surface area contributed by atoms with Gasteiger partial charge >= 0.3 is 5.69 Å². The van der Waals surface area contributed by atoms with Crippen molar-refractivity contribution in [3.05, 3.63) is 37.7 Å². The lowest BCUT2D eigenvalue weighted by atomic mass is 10.4. The number of fused-ring (bicyclic) bond motifs is 1. The van der Waals surface area contributed by atoms with Crippen LogP contribution in [0.3, 0.4) is 0 Å². The van der Waals surface area contributed by atoms with Crippen LogP contribution in [0.25, 0.3) is 11.2 Å². The number of aromatic nitrogens is 4. The molecule has 2 aromatic rings. The largest absolute Gasteiger partial charge is 0.332 e. The predicted molar refractivity (Wildman–Crippen MR) is 72.7 cm³/mol. The summed E-state index contributed by atoms with van der Waals surface area (Å²) in [5.41, 5.74) is 0.0931. The van der Waals surface area contributed by atoms with E-state index >= 15 is 0 Å². The van der Waals surface area contributed by atoms with Gasteiger partial charge in [-0.2, -0.15) is 0 Å². The van der Waals surface area contributed by atoms with Gasteiger partial charge in [0.25, 0.3) is 5.56 Å². The zero-order valence-electron chi connectivity index (χ0n) is 10.3. The summed E-state index contributed by atoms with van der Waals surface area (Å²) in [5, 5.41) is 0. The molecular weight excluding hydrogens is 300 g/mol. The number of hydrogen-bond acceptors (Lipinski definition) is 3. The minimum absolute atomic E-state index is 0.337. The van der Waals surface area contributed by atoms with Crippen LogP contribution in [0, 0.1) is 0 Å². The summed E-state index contributed by atoms with van der Waals surface area (Å²) in [7, 11) is 3.06. The number of imidazole rings is 1. The van der Waals surface area contributed by atoms with Crippen molar-refractivity contribution in [1.82, 2.24) is 18.7 Å². The first-order chi connectivity index (χ1) is 8.49. The normalized spacial score (nSPS) is 11.8. The maximum atomic E-state index is 12.1. The van der Waals surface area contributed by atoms with Crippen molar-refractivity contribution < 1.29 is 0 Å². The molecule has 0 fully saturated rings. The molecule has 0 unspecified atom stereocenters. The van der Waals surface area contributed by atoms with Crippen molar-refractivity contribution in [2.45, 2.75) is 13.5 Å². The molecule has 2 rings (SSSR count). The van der Waals surface area contributed by atoms with E-state index in [1.54, 1.807) is 11.6 Å². The smallest absolute Gasteiger partial charge is 0.309 e. The molecule has 0 aliphatic heterocycles. The summed E-state index contributed by atoms with van der Waals surface area (Å²) in [4.78, 5) is 28.2. The fraction of sp³-hybridized carbons (Fsp3) is 0.364. The van der Waals surface area contributed by atoms with Crippen molar-refractivity contribution in [1.29, 1.82) is 0 Å². The van der Waals surface area contributed by atoms with Crippen LogP contribution in [0.15, 0.2) is 26.5 Å². The fourth-order valence-corrected chi connectivity index (χ4v) is 2.29. The summed E-state index contributed by atoms with van der Waals surface area (Å²) >= 11 is 3.31. The van der Waals surface area contributed by atoms with Gasteiger partial charge in [0, 0.05) is 20.6 Å². The highest BCUT2D eigenvalue weighted by molar-refractivity contribution is 9.10. The molecule has 0 radical (unpaired) electrons. The Bertz CT molecular complexity index is 751. The second-order valence-corrected chi connectivity index (χ2v) is 4.65. The van der Waals surface area contributed by atoms with Gasteiger partial charge in [-0.1, -0.05) is 12.2 Å². The Morgan fingerprint density at radius 1 is 1.28 bits per heavy atom. The molecule has 0 bridgehead atoms. The van der Waals surface area contributed by atoms with Crippen molar-refractivity contribution in [2.75, 3.05) is 0 Å². The second-order valence-electron chi connectivity index (χ2n) is 3.94. The van der Waals surface area contributed by atoms with Gasteiger partial charge in [0.15, 0.2) is 15.9 Å². The van der Waals surface area contributed by atoms with Gasteiger partial charge in [-0.05, 0) is 22.9 Å². The number of allylic oxidation sites excluding steroid dienone is 2. The Balaban J connectivity index is 2.94. The van der Waals surface area contributed by atoms with Crippen molar-refractivity contribution >= 4 is 27.1 Å². The van der Waals surface area contributed by atoms with Crippen LogP contribution in [-0.4, -0.2) is 18.7 Å². The standard InChI is InChI=1S/C11H13BrN4O2/c1-4-5-6-16-7-8(13-10(16)12)14(2)11(18)15(3)9(7)17/h4-5H,6H2,1-3H3. The lowest BCUT2D eigenvalue weighted by Gasteiger charge is -2.04. The summed E-state index contributed by atoms with van der Waals surface area (Å²) in [6, 6.07) is 0. The van der Waals surface area contributed by atoms with Crippen molar-refractivity contribution in [2.24, 2.45) is 14.1 Å². The van der Waals surface area contributed by atoms with Crippen LogP contribution in [0.5, 0.6) is 0 Å². The Hall–Kier alpha value is -1.63. The van der Waals surface area contributed by atoms with E-state index in [2.05, 4.69) is 20.9 Å². The van der Waals surface area contributed by atoms with Gasteiger partial charge in [0.05, 0.1) is 0 Å². The Labute approximate surface area is 111 Å². The number of rotatable bonds is 2. The fourth-order valence-electron chi connectivity index (χ4n) is 1.80. The molecule has 0 spiro atoms. The molecular formula is C11H13BrN4O2. The van der Waals surface area contributed by atoms with Crippen LogP contribution in [0.4, 0.5) is 0 Å². The van der Waals surface area contributed by atoms with Gasteiger partial charge in [-0.15, -0.1) is 0 Å². The van der Waals surface area contributed by atoms with Crippen molar-refractivity contribution in [3.63, 3.8) is 0 Å². The van der Waals surface area contributed by atoms with Crippen molar-refractivity contribution in [3.8, 4) is 0 Å². The highest BCUT2D eigenvalue weighted by Crippen LogP contribution is 2.15. The molecule has 0 N–H and O–H groups in total. The minimum Gasteiger partial charge on any atom is -0.309 e. The zero-order valence-corrected chi connectivity index (χ0v) is 11.9. The van der Waals surface area contributed by atoms with E-state index < -0.39 is 0 Å². The Morgan fingerprint density at radius 3 is 2.56 bits per heavy atom. The first-order valence-corrected chi connectivity index (χ1v) is 6.21. The number of aryl methyl sites for hydroxylation is 1. The third kappa shape index (κ3) is 1.74. The van der Waals surface area contributed by atoms with Gasteiger partial charge in [0.1, 0.15) is 0 Å². The highest BCUT2D eigenvalue weighted by atomic mass is 79.9. The summed E-state index contributed by atoms with van der Waals surface area (Å²) < 4.78 is 4.72. The van der Waals surface area contributed by atoms with Crippen LogP contribution in [0.2, 0.25) is 0 Å². The van der Waals surface area contributed by atoms with E-state index in [-0.39, 0.29) is 11.2 Å². The van der Waals surface area contributed by atoms with E-state index in [0.717, 1.165) is 4.57 Å². The highest BCUT2D eigenvalue weighted by Gasteiger charge is 2.16. The first kappa shape index (κ1) is 12.8. The number of nitrogens with zero attached hydrogens (tertiary/aromatic N) is 4. The predicted octanol–water partition coefficient (Wildman–Crippen LogP) is 0.772. The lowest BCUT2D eigenvalue weighted by molar-refractivity contribution is 0.703. The van der Waals surface area contributed by atoms with Gasteiger partial charge in [-0.25, -0.2) is 9.78 Å². The summed E-state index contributed by atoms with van der Waals surface area (Å²) in [6.45, 7) is 2.43. The molecule has 0 amide bonds. The van der Waals surface area contributed by atoms with Crippen LogP contribution >= 0.6 is 15.9 Å². The van der Waals surface area contributed by atoms with Crippen LogP contribution < -0.4 is 11.2 Å². The number of halogens is 1. The molecule has 0 saturated carbocycles. The SMILES string of the molecule is CC=CCn1c(Br)nc2c1c(=O)n(C)c(=O)n2C. The third-order valence-electron chi connectivity index (χ3n) is 2.83. The van der Waals surface area contributed by atoms with E-state index in [4.69, 9.17) is 0 Å². The quantitative estimate of drug-likeness (QED) is 0.608. The first-order valence-electron chi connectivity index (χ1n) is 5.42. The number of hydrogen-bond donors (Lipinski definition) is 0. The molecule has 0 saturated heterocycles. The van der Waals surface area contributed by atoms with E-state index in [0.29, 0.717) is 22.4 Å². The molecule has 0 aliphatic carbocycles. The van der Waals surface area contributed by atoms with Gasteiger partial charge in [-0.3, -0.25) is 13.9 Å². The average Bonchev–Trinajstić information content (AvgIpc) is 2.68. The molecule has 18 heavy (non-hydrogen) atoms. The van der Waals surface area contributed by atoms with E-state index in [9.17, 15) is 9.59 Å². The Morgan fingerprint density at radius 2 is 1.94 bits per heavy atom. The molecule has 7 heteroatoms. The van der Waals surface area contributed by atoms with Crippen LogP contribution in [-0.2, 0) is 20.6 Å². The Kier molecular flexibility index (Phi) is 3.25.